The summed E-state index contributed by atoms with van der Waals surface area (Å²) < 4.78 is 7.22. The van der Waals surface area contributed by atoms with Crippen molar-refractivity contribution >= 4 is 35.0 Å². The summed E-state index contributed by atoms with van der Waals surface area (Å²) in [7, 11) is 0. The Hall–Kier alpha value is -3.57. The number of carbonyl (C=O) groups is 2. The molecule has 38 heavy (non-hydrogen) atoms. The van der Waals surface area contributed by atoms with Gasteiger partial charge in [0, 0.05) is 36.4 Å². The monoisotopic (exact) mass is 548 g/mol. The lowest BCUT2D eigenvalue weighted by atomic mass is 9.98. The van der Waals surface area contributed by atoms with E-state index in [2.05, 4.69) is 43.8 Å². The average molecular weight is 549 g/mol. The molecule has 1 saturated heterocycles. The minimum absolute atomic E-state index is 0.144. The van der Waals surface area contributed by atoms with Gasteiger partial charge in [-0.15, -0.1) is 21.5 Å². The quantitative estimate of drug-likeness (QED) is 0.229. The number of piperidine rings is 1. The Morgan fingerprint density at radius 1 is 1.16 bits per heavy atom. The summed E-state index contributed by atoms with van der Waals surface area (Å²) in [5.41, 5.74) is 3.44. The Morgan fingerprint density at radius 3 is 2.76 bits per heavy atom. The van der Waals surface area contributed by atoms with E-state index >= 15 is 0 Å². The first-order valence-electron chi connectivity index (χ1n) is 12.5. The van der Waals surface area contributed by atoms with Crippen molar-refractivity contribution in [2.24, 2.45) is 5.92 Å². The van der Waals surface area contributed by atoms with Crippen molar-refractivity contribution in [1.29, 1.82) is 0 Å². The number of amides is 1. The van der Waals surface area contributed by atoms with Crippen molar-refractivity contribution in [1.82, 2.24) is 29.6 Å². The second kappa shape index (κ2) is 11.9. The van der Waals surface area contributed by atoms with Gasteiger partial charge in [0.05, 0.1) is 24.0 Å². The van der Waals surface area contributed by atoms with Crippen molar-refractivity contribution in [2.75, 3.05) is 19.7 Å². The molecule has 0 N–H and O–H groups in total. The first-order chi connectivity index (χ1) is 18.5. The minimum Gasteiger partial charge on any atom is -0.466 e. The number of hydrogen-bond acceptors (Lipinski definition) is 9. The summed E-state index contributed by atoms with van der Waals surface area (Å²) in [6.07, 6.45) is 5.00. The zero-order valence-electron chi connectivity index (χ0n) is 21.2. The highest BCUT2D eigenvalue weighted by atomic mass is 32.2. The van der Waals surface area contributed by atoms with Crippen molar-refractivity contribution in [3.63, 3.8) is 0 Å². The molecule has 0 radical (unpaired) electrons. The number of hydrogen-bond donors (Lipinski definition) is 0. The molecule has 1 aliphatic heterocycles. The molecule has 1 unspecified atom stereocenters. The summed E-state index contributed by atoms with van der Waals surface area (Å²) in [6.45, 7) is 5.19. The second-order valence-corrected chi connectivity index (χ2v) is 10.8. The van der Waals surface area contributed by atoms with E-state index in [4.69, 9.17) is 4.74 Å². The van der Waals surface area contributed by atoms with Crippen LogP contribution in [0.3, 0.4) is 0 Å². The summed E-state index contributed by atoms with van der Waals surface area (Å²) >= 11 is 2.97. The Bertz CT molecular complexity index is 1420. The van der Waals surface area contributed by atoms with Crippen molar-refractivity contribution < 1.29 is 14.3 Å². The fraction of sp³-hybridized carbons (Fsp3) is 0.333. The molecule has 1 aromatic carbocycles. The van der Waals surface area contributed by atoms with Gasteiger partial charge in [0.25, 0.3) is 5.91 Å². The van der Waals surface area contributed by atoms with Crippen LogP contribution in [0.4, 0.5) is 0 Å². The third-order valence-electron chi connectivity index (χ3n) is 6.35. The molecule has 1 amide bonds. The Kier molecular flexibility index (Phi) is 8.14. The van der Waals surface area contributed by atoms with E-state index < -0.39 is 0 Å². The number of aryl methyl sites for hydroxylation is 1. The number of thiazole rings is 1. The number of pyridine rings is 1. The van der Waals surface area contributed by atoms with Crippen LogP contribution in [0.15, 0.2) is 59.3 Å². The van der Waals surface area contributed by atoms with Crippen LogP contribution in [0.2, 0.25) is 0 Å². The van der Waals surface area contributed by atoms with Gasteiger partial charge >= 0.3 is 5.97 Å². The number of para-hydroxylation sites is 1. The molecule has 1 aliphatic rings. The fourth-order valence-electron chi connectivity index (χ4n) is 4.46. The highest BCUT2D eigenvalue weighted by molar-refractivity contribution is 7.98. The zero-order valence-corrected chi connectivity index (χ0v) is 22.9. The lowest BCUT2D eigenvalue weighted by molar-refractivity contribution is -0.149. The van der Waals surface area contributed by atoms with Gasteiger partial charge in [0.2, 0.25) is 0 Å². The summed E-state index contributed by atoms with van der Waals surface area (Å²) in [5.74, 6) is 0.631. The Balaban J connectivity index is 1.32. The molecule has 0 bridgehead atoms. The van der Waals surface area contributed by atoms with Gasteiger partial charge in [-0.2, -0.15) is 0 Å². The number of benzene rings is 1. The Labute approximate surface area is 229 Å². The summed E-state index contributed by atoms with van der Waals surface area (Å²) in [6, 6.07) is 12.0. The van der Waals surface area contributed by atoms with Crippen LogP contribution in [0.1, 0.15) is 40.8 Å². The molecule has 11 heteroatoms. The molecule has 4 heterocycles. The van der Waals surface area contributed by atoms with Crippen molar-refractivity contribution in [3.05, 3.63) is 70.4 Å². The number of thioether (sulfide) groups is 1. The van der Waals surface area contributed by atoms with E-state index in [1.54, 1.807) is 29.6 Å². The van der Waals surface area contributed by atoms with Gasteiger partial charge in [0.1, 0.15) is 10.7 Å². The van der Waals surface area contributed by atoms with E-state index in [0.29, 0.717) is 31.1 Å². The predicted octanol–water partition coefficient (Wildman–Crippen LogP) is 4.80. The molecule has 1 fully saturated rings. The predicted molar refractivity (Wildman–Crippen MR) is 146 cm³/mol. The highest BCUT2D eigenvalue weighted by Crippen LogP contribution is 2.31. The third kappa shape index (κ3) is 5.63. The summed E-state index contributed by atoms with van der Waals surface area (Å²) in [4.78, 5) is 35.8. The van der Waals surface area contributed by atoms with E-state index in [1.807, 2.05) is 24.3 Å². The zero-order chi connectivity index (χ0) is 26.5. The standard InChI is InChI=1S/C27H28N6O3S2/c1-3-36-26(35)20-8-6-14-32(15-20)25(34)21-16-37-23(29-21)17-38-27-31-30-24(19-10-12-28-13-11-19)33(27)22-9-5-4-7-18(22)2/h4-5,7,9-13,16,20H,3,6,8,14-15,17H2,1-2H3. The van der Waals surface area contributed by atoms with Crippen LogP contribution in [0, 0.1) is 12.8 Å². The third-order valence-corrected chi connectivity index (χ3v) is 8.32. The summed E-state index contributed by atoms with van der Waals surface area (Å²) in [5, 5.41) is 12.3. The number of carbonyl (C=O) groups excluding carboxylic acids is 2. The number of rotatable bonds is 8. The Morgan fingerprint density at radius 2 is 1.97 bits per heavy atom. The average Bonchev–Trinajstić information content (AvgIpc) is 3.60. The number of ether oxygens (including phenoxy) is 1. The molecule has 0 saturated carbocycles. The molecule has 0 spiro atoms. The van der Waals surface area contributed by atoms with Gasteiger partial charge < -0.3 is 9.64 Å². The van der Waals surface area contributed by atoms with Gasteiger partial charge in [-0.05, 0) is 50.5 Å². The van der Waals surface area contributed by atoms with E-state index in [0.717, 1.165) is 45.6 Å². The van der Waals surface area contributed by atoms with Crippen LogP contribution in [-0.2, 0) is 15.3 Å². The molecule has 196 valence electrons. The first kappa shape index (κ1) is 26.1. The normalized spacial score (nSPS) is 15.4. The number of esters is 1. The van der Waals surface area contributed by atoms with Crippen LogP contribution in [0.25, 0.3) is 17.1 Å². The molecule has 0 aliphatic carbocycles. The van der Waals surface area contributed by atoms with E-state index in [1.165, 1.54) is 23.1 Å². The maximum absolute atomic E-state index is 13.1. The molecular formula is C27H28N6O3S2. The molecular weight excluding hydrogens is 520 g/mol. The smallest absolute Gasteiger partial charge is 0.310 e. The van der Waals surface area contributed by atoms with Crippen molar-refractivity contribution in [2.45, 2.75) is 37.6 Å². The molecule has 3 aromatic heterocycles. The van der Waals surface area contributed by atoms with Crippen LogP contribution in [-0.4, -0.2) is 61.2 Å². The lowest BCUT2D eigenvalue weighted by Gasteiger charge is -2.31. The fourth-order valence-corrected chi connectivity index (χ4v) is 6.19. The van der Waals surface area contributed by atoms with Crippen LogP contribution in [0.5, 0.6) is 0 Å². The molecule has 5 rings (SSSR count). The number of nitrogens with zero attached hydrogens (tertiary/aromatic N) is 6. The van der Waals surface area contributed by atoms with Gasteiger partial charge in [-0.25, -0.2) is 4.98 Å². The van der Waals surface area contributed by atoms with Crippen molar-refractivity contribution in [3.8, 4) is 17.1 Å². The van der Waals surface area contributed by atoms with Crippen LogP contribution >= 0.6 is 23.1 Å². The van der Waals surface area contributed by atoms with Gasteiger partial charge in [-0.3, -0.25) is 19.1 Å². The van der Waals surface area contributed by atoms with E-state index in [-0.39, 0.29) is 17.8 Å². The molecule has 1 atom stereocenters. The molecule has 9 nitrogen and oxygen atoms in total. The minimum atomic E-state index is -0.274. The lowest BCUT2D eigenvalue weighted by Crippen LogP contribution is -2.43. The van der Waals surface area contributed by atoms with Gasteiger partial charge in [0.15, 0.2) is 11.0 Å². The highest BCUT2D eigenvalue weighted by Gasteiger charge is 2.30. The van der Waals surface area contributed by atoms with E-state index in [9.17, 15) is 9.59 Å². The SMILES string of the molecule is CCOC(=O)C1CCCN(C(=O)c2csc(CSc3nnc(-c4ccncc4)n3-c3ccccc3C)n2)C1. The number of likely N-dealkylation sites (tertiary alicyclic amines) is 1. The topological polar surface area (TPSA) is 103 Å². The second-order valence-electron chi connectivity index (χ2n) is 8.92. The maximum atomic E-state index is 13.1. The van der Waals surface area contributed by atoms with Gasteiger partial charge in [-0.1, -0.05) is 30.0 Å². The number of aromatic nitrogens is 5. The maximum Gasteiger partial charge on any atom is 0.310 e. The molecule has 4 aromatic rings. The largest absolute Gasteiger partial charge is 0.466 e. The first-order valence-corrected chi connectivity index (χ1v) is 14.4. The van der Waals surface area contributed by atoms with Crippen LogP contribution < -0.4 is 0 Å².